The summed E-state index contributed by atoms with van der Waals surface area (Å²) in [5.41, 5.74) is 2.71. The van der Waals surface area contributed by atoms with Gasteiger partial charge < -0.3 is 0 Å². The molecule has 0 spiro atoms. The molecule has 0 aromatic heterocycles. The lowest BCUT2D eigenvalue weighted by Gasteiger charge is -2.15. The highest BCUT2D eigenvalue weighted by molar-refractivity contribution is 14.1. The molecule has 0 N–H and O–H groups in total. The van der Waals surface area contributed by atoms with Crippen molar-refractivity contribution in [3.05, 3.63) is 67.8 Å². The molecule has 0 aliphatic rings. The van der Waals surface area contributed by atoms with Crippen molar-refractivity contribution in [1.82, 2.24) is 0 Å². The summed E-state index contributed by atoms with van der Waals surface area (Å²) in [4.78, 5) is -0.352. The van der Waals surface area contributed by atoms with Crippen molar-refractivity contribution < 1.29 is 8.78 Å². The molecular formula is C15H12BrF2I. The van der Waals surface area contributed by atoms with Crippen LogP contribution >= 0.6 is 38.5 Å². The van der Waals surface area contributed by atoms with Gasteiger partial charge in [0.25, 0.3) is 0 Å². The lowest BCUT2D eigenvalue weighted by Crippen LogP contribution is -2.02. The molecule has 0 saturated carbocycles. The summed E-state index contributed by atoms with van der Waals surface area (Å²) in [5, 5.41) is 0. The van der Waals surface area contributed by atoms with Gasteiger partial charge in [0.15, 0.2) is 0 Å². The van der Waals surface area contributed by atoms with Crippen LogP contribution in [0.4, 0.5) is 8.78 Å². The van der Waals surface area contributed by atoms with E-state index in [1.807, 2.05) is 25.1 Å². The zero-order valence-corrected chi connectivity index (χ0v) is 14.2. The molecule has 0 aliphatic heterocycles. The first-order valence-corrected chi connectivity index (χ1v) is 7.76. The Morgan fingerprint density at radius 1 is 1.00 bits per heavy atom. The van der Waals surface area contributed by atoms with E-state index >= 15 is 0 Å². The molecule has 2 aromatic rings. The molecule has 2 rings (SSSR count). The van der Waals surface area contributed by atoms with Crippen LogP contribution in [0.15, 0.2) is 30.3 Å². The van der Waals surface area contributed by atoms with Crippen molar-refractivity contribution in [2.24, 2.45) is 0 Å². The molecule has 0 aliphatic carbocycles. The predicted molar refractivity (Wildman–Crippen MR) is 85.8 cm³/mol. The lowest BCUT2D eigenvalue weighted by molar-refractivity contribution is 0.581. The number of aryl methyl sites for hydroxylation is 2. The summed E-state index contributed by atoms with van der Waals surface area (Å²) in [5.74, 6) is -0.776. The van der Waals surface area contributed by atoms with Gasteiger partial charge in [-0.25, -0.2) is 8.78 Å². The third-order valence-corrected chi connectivity index (χ3v) is 5.51. The number of benzene rings is 2. The molecule has 0 nitrogen and oxygen atoms in total. The van der Waals surface area contributed by atoms with Crippen LogP contribution in [-0.2, 0) is 0 Å². The highest BCUT2D eigenvalue weighted by Crippen LogP contribution is 2.36. The van der Waals surface area contributed by atoms with Gasteiger partial charge in [0, 0.05) is 9.13 Å². The monoisotopic (exact) mass is 436 g/mol. The van der Waals surface area contributed by atoms with E-state index < -0.39 is 5.82 Å². The molecule has 1 unspecified atom stereocenters. The summed E-state index contributed by atoms with van der Waals surface area (Å²) in [6.07, 6.45) is 0. The largest absolute Gasteiger partial charge is 0.207 e. The minimum absolute atomic E-state index is 0.319. The maximum Gasteiger partial charge on any atom is 0.128 e. The molecule has 0 amide bonds. The molecule has 0 radical (unpaired) electrons. The SMILES string of the molecule is Cc1cc(F)c(C(Br)c2cccc(C)c2I)cc1F. The van der Waals surface area contributed by atoms with Crippen LogP contribution < -0.4 is 0 Å². The first kappa shape index (κ1) is 14.9. The van der Waals surface area contributed by atoms with Gasteiger partial charge in [-0.1, -0.05) is 34.1 Å². The van der Waals surface area contributed by atoms with Crippen molar-refractivity contribution >= 4 is 38.5 Å². The van der Waals surface area contributed by atoms with Crippen LogP contribution in [0.1, 0.15) is 27.1 Å². The van der Waals surface area contributed by atoms with Gasteiger partial charge in [-0.15, -0.1) is 0 Å². The van der Waals surface area contributed by atoms with E-state index in [2.05, 4.69) is 38.5 Å². The van der Waals surface area contributed by atoms with Gasteiger partial charge in [0.1, 0.15) is 11.6 Å². The molecule has 19 heavy (non-hydrogen) atoms. The second-order valence-corrected chi connectivity index (χ2v) is 6.46. The first-order chi connectivity index (χ1) is 8.91. The van der Waals surface area contributed by atoms with Crippen molar-refractivity contribution in [3.63, 3.8) is 0 Å². The molecule has 0 fully saturated rings. The number of alkyl halides is 1. The van der Waals surface area contributed by atoms with Gasteiger partial charge >= 0.3 is 0 Å². The Morgan fingerprint density at radius 2 is 1.68 bits per heavy atom. The van der Waals surface area contributed by atoms with Crippen molar-refractivity contribution in [2.75, 3.05) is 0 Å². The Bertz CT molecular complexity index is 626. The predicted octanol–water partition coefficient (Wildman–Crippen LogP) is 5.67. The lowest BCUT2D eigenvalue weighted by atomic mass is 10.0. The highest BCUT2D eigenvalue weighted by atomic mass is 127. The fraction of sp³-hybridized carbons (Fsp3) is 0.200. The van der Waals surface area contributed by atoms with Crippen LogP contribution in [0.5, 0.6) is 0 Å². The third-order valence-electron chi connectivity index (χ3n) is 3.05. The molecule has 2 aromatic carbocycles. The van der Waals surface area contributed by atoms with E-state index in [4.69, 9.17) is 0 Å². The maximum absolute atomic E-state index is 14.0. The topological polar surface area (TPSA) is 0 Å². The van der Waals surface area contributed by atoms with E-state index in [1.165, 1.54) is 12.1 Å². The van der Waals surface area contributed by atoms with Gasteiger partial charge in [-0.05, 0) is 65.3 Å². The number of rotatable bonds is 2. The normalized spacial score (nSPS) is 12.5. The van der Waals surface area contributed by atoms with Gasteiger partial charge in [-0.3, -0.25) is 0 Å². The smallest absolute Gasteiger partial charge is 0.128 e. The van der Waals surface area contributed by atoms with E-state index in [9.17, 15) is 8.78 Å². The Morgan fingerprint density at radius 3 is 2.37 bits per heavy atom. The Balaban J connectivity index is 2.53. The van der Waals surface area contributed by atoms with Crippen molar-refractivity contribution in [1.29, 1.82) is 0 Å². The zero-order chi connectivity index (χ0) is 14.2. The molecule has 100 valence electrons. The zero-order valence-electron chi connectivity index (χ0n) is 10.5. The Hall–Kier alpha value is -0.490. The van der Waals surface area contributed by atoms with Crippen LogP contribution in [0.3, 0.4) is 0 Å². The summed E-state index contributed by atoms with van der Waals surface area (Å²) >= 11 is 5.70. The van der Waals surface area contributed by atoms with E-state index in [1.54, 1.807) is 6.92 Å². The Kier molecular flexibility index (Phi) is 4.61. The summed E-state index contributed by atoms with van der Waals surface area (Å²) < 4.78 is 28.7. The van der Waals surface area contributed by atoms with Crippen molar-refractivity contribution in [3.8, 4) is 0 Å². The van der Waals surface area contributed by atoms with E-state index in [0.29, 0.717) is 11.1 Å². The summed E-state index contributed by atoms with van der Waals surface area (Å²) in [6, 6.07) is 8.34. The number of hydrogen-bond acceptors (Lipinski definition) is 0. The van der Waals surface area contributed by atoms with Crippen LogP contribution in [-0.4, -0.2) is 0 Å². The average molecular weight is 437 g/mol. The minimum atomic E-state index is -0.391. The Labute approximate surface area is 133 Å². The fourth-order valence-electron chi connectivity index (χ4n) is 1.89. The third kappa shape index (κ3) is 2.99. The van der Waals surface area contributed by atoms with Crippen molar-refractivity contribution in [2.45, 2.75) is 18.7 Å². The minimum Gasteiger partial charge on any atom is -0.207 e. The van der Waals surface area contributed by atoms with Crippen LogP contribution in [0, 0.1) is 29.1 Å². The standard InChI is InChI=1S/C15H12BrF2I/c1-8-4-3-5-10(15(8)19)14(16)11-7-12(17)9(2)6-13(11)18/h3-7,14H,1-2H3. The van der Waals surface area contributed by atoms with Crippen LogP contribution in [0.25, 0.3) is 0 Å². The molecule has 4 heteroatoms. The van der Waals surface area contributed by atoms with E-state index in [0.717, 1.165) is 14.7 Å². The summed E-state index contributed by atoms with van der Waals surface area (Å²) in [7, 11) is 0. The second-order valence-electron chi connectivity index (χ2n) is 4.46. The highest BCUT2D eigenvalue weighted by Gasteiger charge is 2.19. The number of hydrogen-bond donors (Lipinski definition) is 0. The van der Waals surface area contributed by atoms with Gasteiger partial charge in [0.05, 0.1) is 4.83 Å². The first-order valence-electron chi connectivity index (χ1n) is 5.76. The second kappa shape index (κ2) is 5.87. The quantitative estimate of drug-likeness (QED) is 0.420. The maximum atomic E-state index is 14.0. The molecule has 1 atom stereocenters. The van der Waals surface area contributed by atoms with Gasteiger partial charge in [-0.2, -0.15) is 0 Å². The fourth-order valence-corrected chi connectivity index (χ4v) is 3.72. The van der Waals surface area contributed by atoms with Crippen LogP contribution in [0.2, 0.25) is 0 Å². The molecular weight excluding hydrogens is 425 g/mol. The molecule has 0 saturated heterocycles. The molecule has 0 heterocycles. The van der Waals surface area contributed by atoms with Gasteiger partial charge in [0.2, 0.25) is 0 Å². The number of halogens is 4. The van der Waals surface area contributed by atoms with E-state index in [-0.39, 0.29) is 10.6 Å². The average Bonchev–Trinajstić information content (AvgIpc) is 2.36. The summed E-state index contributed by atoms with van der Waals surface area (Å²) in [6.45, 7) is 3.55. The molecule has 0 bridgehead atoms.